The van der Waals surface area contributed by atoms with E-state index in [9.17, 15) is 5.21 Å². The van der Waals surface area contributed by atoms with Crippen LogP contribution in [0, 0.1) is 0 Å². The zero-order valence-electron chi connectivity index (χ0n) is 13.5. The highest BCUT2D eigenvalue weighted by atomic mass is 16.5. The molecule has 1 aromatic heterocycles. The van der Waals surface area contributed by atoms with Crippen molar-refractivity contribution in [2.75, 3.05) is 0 Å². The van der Waals surface area contributed by atoms with Gasteiger partial charge in [0.25, 0.3) is 0 Å². The third kappa shape index (κ3) is 3.07. The first kappa shape index (κ1) is 15.3. The van der Waals surface area contributed by atoms with Crippen LogP contribution in [0.5, 0.6) is 0 Å². The van der Waals surface area contributed by atoms with Gasteiger partial charge in [-0.05, 0) is 23.3 Å². The molecule has 0 bridgehead atoms. The number of hydrazone groups is 1. The van der Waals surface area contributed by atoms with Crippen LogP contribution in [0.3, 0.4) is 0 Å². The minimum absolute atomic E-state index is 0.109. The summed E-state index contributed by atoms with van der Waals surface area (Å²) in [5, 5.41) is 15.4. The second-order valence-electron chi connectivity index (χ2n) is 5.81. The van der Waals surface area contributed by atoms with E-state index in [1.807, 2.05) is 66.7 Å². The summed E-state index contributed by atoms with van der Waals surface area (Å²) in [6.45, 7) is 0. The Labute approximate surface area is 146 Å². The molecule has 2 aromatic carbocycles. The first-order valence-corrected chi connectivity index (χ1v) is 8.13. The predicted molar refractivity (Wildman–Crippen MR) is 98.0 cm³/mol. The Morgan fingerprint density at radius 2 is 1.48 bits per heavy atom. The highest BCUT2D eigenvalue weighted by molar-refractivity contribution is 6.12. The SMILES string of the molecule is ON1C=C(c2ccccn2)C(c2ccccc2)C(c2ccccc2)=N1. The van der Waals surface area contributed by atoms with E-state index >= 15 is 0 Å². The number of pyridine rings is 1. The monoisotopic (exact) mass is 327 g/mol. The van der Waals surface area contributed by atoms with Crippen molar-refractivity contribution in [1.82, 2.24) is 10.2 Å². The predicted octanol–water partition coefficient (Wildman–Crippen LogP) is 4.32. The summed E-state index contributed by atoms with van der Waals surface area (Å²) in [5.41, 5.74) is 4.59. The number of nitrogens with zero attached hydrogens (tertiary/aromatic N) is 3. The molecule has 0 spiro atoms. The minimum atomic E-state index is -0.109. The maximum absolute atomic E-state index is 10.2. The van der Waals surface area contributed by atoms with Crippen LogP contribution in [0.15, 0.2) is 96.4 Å². The molecule has 2 heterocycles. The normalized spacial score (nSPS) is 17.0. The molecule has 1 aliphatic rings. The van der Waals surface area contributed by atoms with Gasteiger partial charge in [-0.1, -0.05) is 66.7 Å². The number of aromatic nitrogens is 1. The van der Waals surface area contributed by atoms with Crippen molar-refractivity contribution in [3.05, 3.63) is 108 Å². The van der Waals surface area contributed by atoms with Gasteiger partial charge in [-0.3, -0.25) is 10.2 Å². The molecular weight excluding hydrogens is 310 g/mol. The van der Waals surface area contributed by atoms with E-state index < -0.39 is 0 Å². The van der Waals surface area contributed by atoms with Gasteiger partial charge in [0.2, 0.25) is 0 Å². The quantitative estimate of drug-likeness (QED) is 0.779. The van der Waals surface area contributed by atoms with E-state index in [-0.39, 0.29) is 5.92 Å². The lowest BCUT2D eigenvalue weighted by molar-refractivity contribution is -0.0396. The van der Waals surface area contributed by atoms with Gasteiger partial charge in [-0.25, -0.2) is 0 Å². The molecule has 0 aliphatic carbocycles. The summed E-state index contributed by atoms with van der Waals surface area (Å²) < 4.78 is 0. The summed E-state index contributed by atoms with van der Waals surface area (Å²) in [7, 11) is 0. The number of hydrogen-bond acceptors (Lipinski definition) is 4. The number of benzene rings is 2. The molecule has 1 aliphatic heterocycles. The van der Waals surface area contributed by atoms with Crippen molar-refractivity contribution in [3.8, 4) is 0 Å². The van der Waals surface area contributed by atoms with E-state index in [0.717, 1.165) is 33.3 Å². The van der Waals surface area contributed by atoms with Crippen LogP contribution in [0.25, 0.3) is 5.57 Å². The Morgan fingerprint density at radius 1 is 0.800 bits per heavy atom. The lowest BCUT2D eigenvalue weighted by Crippen LogP contribution is -2.25. The Morgan fingerprint density at radius 3 is 2.16 bits per heavy atom. The van der Waals surface area contributed by atoms with Crippen LogP contribution in [-0.2, 0) is 0 Å². The maximum Gasteiger partial charge on any atom is 0.0826 e. The van der Waals surface area contributed by atoms with Crippen molar-refractivity contribution in [1.29, 1.82) is 0 Å². The Bertz CT molecular complexity index is 848. The summed E-state index contributed by atoms with van der Waals surface area (Å²) in [6.07, 6.45) is 3.39. The highest BCUT2D eigenvalue weighted by Gasteiger charge is 2.30. The Kier molecular flexibility index (Phi) is 4.11. The second kappa shape index (κ2) is 6.71. The fourth-order valence-corrected chi connectivity index (χ4v) is 3.11. The first-order chi connectivity index (χ1) is 12.3. The van der Waals surface area contributed by atoms with Crippen molar-refractivity contribution in [3.63, 3.8) is 0 Å². The zero-order chi connectivity index (χ0) is 17.1. The van der Waals surface area contributed by atoms with Gasteiger partial charge in [-0.15, -0.1) is 5.17 Å². The van der Waals surface area contributed by atoms with Crippen LogP contribution in [0.2, 0.25) is 0 Å². The Hall–Kier alpha value is -3.24. The largest absolute Gasteiger partial charge is 0.268 e. The fourth-order valence-electron chi connectivity index (χ4n) is 3.11. The molecule has 1 N–H and O–H groups in total. The lowest BCUT2D eigenvalue weighted by atomic mass is 9.82. The van der Waals surface area contributed by atoms with E-state index in [2.05, 4.69) is 22.2 Å². The third-order valence-electron chi connectivity index (χ3n) is 4.21. The molecule has 0 fully saturated rings. The van der Waals surface area contributed by atoms with Gasteiger partial charge in [0.15, 0.2) is 0 Å². The van der Waals surface area contributed by atoms with Crippen molar-refractivity contribution < 1.29 is 5.21 Å². The maximum atomic E-state index is 10.2. The van der Waals surface area contributed by atoms with Crippen LogP contribution < -0.4 is 0 Å². The summed E-state index contributed by atoms with van der Waals surface area (Å²) in [5.74, 6) is -0.109. The zero-order valence-corrected chi connectivity index (χ0v) is 13.5. The average Bonchev–Trinajstić information content (AvgIpc) is 2.69. The van der Waals surface area contributed by atoms with E-state index in [4.69, 9.17) is 0 Å². The molecule has 0 radical (unpaired) electrons. The van der Waals surface area contributed by atoms with Crippen LogP contribution in [0.1, 0.15) is 22.7 Å². The molecule has 4 rings (SSSR count). The Balaban J connectivity index is 1.89. The fraction of sp³-hybridized carbons (Fsp3) is 0.0476. The lowest BCUT2D eigenvalue weighted by Gasteiger charge is -2.28. The van der Waals surface area contributed by atoms with Crippen LogP contribution in [-0.4, -0.2) is 21.1 Å². The van der Waals surface area contributed by atoms with Gasteiger partial charge < -0.3 is 0 Å². The molecule has 1 unspecified atom stereocenters. The van der Waals surface area contributed by atoms with E-state index in [1.54, 1.807) is 12.4 Å². The minimum Gasteiger partial charge on any atom is -0.268 e. The van der Waals surface area contributed by atoms with Gasteiger partial charge in [-0.2, -0.15) is 5.10 Å². The molecule has 25 heavy (non-hydrogen) atoms. The van der Waals surface area contributed by atoms with Crippen LogP contribution >= 0.6 is 0 Å². The molecule has 4 nitrogen and oxygen atoms in total. The van der Waals surface area contributed by atoms with Crippen molar-refractivity contribution >= 4 is 11.3 Å². The molecule has 0 saturated carbocycles. The average molecular weight is 327 g/mol. The second-order valence-corrected chi connectivity index (χ2v) is 5.81. The number of rotatable bonds is 3. The highest BCUT2D eigenvalue weighted by Crippen LogP contribution is 2.37. The van der Waals surface area contributed by atoms with E-state index in [1.165, 1.54) is 0 Å². The number of hydrogen-bond donors (Lipinski definition) is 1. The number of hydroxylamine groups is 1. The molecule has 122 valence electrons. The van der Waals surface area contributed by atoms with Gasteiger partial charge in [0.05, 0.1) is 23.5 Å². The smallest absolute Gasteiger partial charge is 0.0826 e. The van der Waals surface area contributed by atoms with Gasteiger partial charge >= 0.3 is 0 Å². The third-order valence-corrected chi connectivity index (χ3v) is 4.21. The van der Waals surface area contributed by atoms with Crippen molar-refractivity contribution in [2.45, 2.75) is 5.92 Å². The molecule has 1 atom stereocenters. The summed E-state index contributed by atoms with van der Waals surface area (Å²) in [6, 6.07) is 25.9. The topological polar surface area (TPSA) is 48.7 Å². The van der Waals surface area contributed by atoms with Crippen molar-refractivity contribution in [2.24, 2.45) is 5.10 Å². The standard InChI is InChI=1S/C21H17N3O/c25-24-15-18(19-13-7-8-14-22-19)20(16-9-3-1-4-10-16)21(23-24)17-11-5-2-6-12-17/h1-15,20,25H. The number of allylic oxidation sites excluding steroid dienone is 1. The molecule has 4 heteroatoms. The summed E-state index contributed by atoms with van der Waals surface area (Å²) >= 11 is 0. The van der Waals surface area contributed by atoms with Gasteiger partial charge in [0.1, 0.15) is 0 Å². The molecule has 0 amide bonds. The van der Waals surface area contributed by atoms with Crippen LogP contribution in [0.4, 0.5) is 0 Å². The van der Waals surface area contributed by atoms with E-state index in [0.29, 0.717) is 0 Å². The van der Waals surface area contributed by atoms with Gasteiger partial charge in [0, 0.05) is 11.8 Å². The molecular formula is C21H17N3O. The molecule has 3 aromatic rings. The molecule has 0 saturated heterocycles. The summed E-state index contributed by atoms with van der Waals surface area (Å²) in [4.78, 5) is 4.48. The first-order valence-electron chi connectivity index (χ1n) is 8.13.